The maximum Gasteiger partial charge on any atom is 0.219 e. The van der Waals surface area contributed by atoms with E-state index >= 15 is 0 Å². The predicted molar refractivity (Wildman–Crippen MR) is 101 cm³/mol. The van der Waals surface area contributed by atoms with Gasteiger partial charge in [-0.3, -0.25) is 4.79 Å². The minimum Gasteiger partial charge on any atom is -0.371 e. The second kappa shape index (κ2) is 6.29. The summed E-state index contributed by atoms with van der Waals surface area (Å²) in [6.07, 6.45) is 6.62. The largest absolute Gasteiger partial charge is 0.371 e. The molecule has 1 aliphatic carbocycles. The zero-order valence-electron chi connectivity index (χ0n) is 14.9. The van der Waals surface area contributed by atoms with Crippen molar-refractivity contribution in [2.45, 2.75) is 61.5 Å². The summed E-state index contributed by atoms with van der Waals surface area (Å²) in [5, 5.41) is 0.806. The van der Waals surface area contributed by atoms with Gasteiger partial charge in [-0.05, 0) is 49.9 Å². The first-order valence-electron chi connectivity index (χ1n) is 9.43. The van der Waals surface area contributed by atoms with Crippen LogP contribution in [0.25, 0.3) is 0 Å². The van der Waals surface area contributed by atoms with Crippen molar-refractivity contribution in [1.82, 2.24) is 4.90 Å². The minimum absolute atomic E-state index is 0.156. The van der Waals surface area contributed by atoms with Gasteiger partial charge in [0.05, 0.1) is 0 Å². The van der Waals surface area contributed by atoms with Gasteiger partial charge in [0.25, 0.3) is 0 Å². The zero-order chi connectivity index (χ0) is 16.7. The number of anilines is 1. The third-order valence-electron chi connectivity index (χ3n) is 6.16. The number of likely N-dealkylation sites (N-methyl/N-ethyl adjacent to an activating group) is 1. The van der Waals surface area contributed by atoms with Crippen molar-refractivity contribution in [3.8, 4) is 0 Å². The van der Waals surface area contributed by atoms with Gasteiger partial charge in [-0.25, -0.2) is 0 Å². The number of hydrogen-bond donors (Lipinski definition) is 0. The molecule has 2 aliphatic heterocycles. The van der Waals surface area contributed by atoms with Gasteiger partial charge in [-0.1, -0.05) is 12.8 Å². The van der Waals surface area contributed by atoms with Crippen molar-refractivity contribution in [2.75, 3.05) is 31.1 Å². The molecule has 1 aromatic rings. The first-order valence-corrected chi connectivity index (χ1v) is 10.3. The zero-order valence-corrected chi connectivity index (χ0v) is 15.7. The molecule has 2 fully saturated rings. The Labute approximate surface area is 149 Å². The molecule has 1 amide bonds. The van der Waals surface area contributed by atoms with Gasteiger partial charge < -0.3 is 9.80 Å². The first-order chi connectivity index (χ1) is 11.6. The number of carbonyl (C=O) groups excluding carboxylic acids is 1. The number of carbonyl (C=O) groups is 1. The summed E-state index contributed by atoms with van der Waals surface area (Å²) in [7, 11) is 0. The van der Waals surface area contributed by atoms with Crippen LogP contribution >= 0.6 is 11.8 Å². The third-order valence-corrected chi connectivity index (χ3v) is 7.49. The topological polar surface area (TPSA) is 23.6 Å². The summed E-state index contributed by atoms with van der Waals surface area (Å²) in [6.45, 7) is 7.86. The maximum atomic E-state index is 11.9. The highest BCUT2D eigenvalue weighted by atomic mass is 32.2. The molecule has 1 atom stereocenters. The van der Waals surface area contributed by atoms with Crippen LogP contribution in [0.15, 0.2) is 23.1 Å². The normalized spacial score (nSPS) is 26.6. The fraction of sp³-hybridized carbons (Fsp3) is 0.650. The van der Waals surface area contributed by atoms with Crippen LogP contribution in [0.1, 0.15) is 51.5 Å². The molecule has 0 radical (unpaired) electrons. The summed E-state index contributed by atoms with van der Waals surface area (Å²) >= 11 is 2.08. The van der Waals surface area contributed by atoms with Gasteiger partial charge in [0, 0.05) is 54.4 Å². The molecule has 0 bridgehead atoms. The van der Waals surface area contributed by atoms with Gasteiger partial charge in [0.2, 0.25) is 5.91 Å². The molecular formula is C20H28N2OS. The lowest BCUT2D eigenvalue weighted by atomic mass is 9.81. The minimum atomic E-state index is 0.156. The molecule has 130 valence electrons. The molecule has 4 heteroatoms. The van der Waals surface area contributed by atoms with Crippen LogP contribution < -0.4 is 4.90 Å². The van der Waals surface area contributed by atoms with E-state index < -0.39 is 0 Å². The fourth-order valence-corrected chi connectivity index (χ4v) is 6.08. The molecule has 1 saturated heterocycles. The number of amides is 1. The Morgan fingerprint density at radius 1 is 1.29 bits per heavy atom. The predicted octanol–water partition coefficient (Wildman–Crippen LogP) is 4.05. The number of fused-ring (bicyclic) bond motifs is 2. The molecule has 3 nitrogen and oxygen atoms in total. The number of likely N-dealkylation sites (tertiary alicyclic amines) is 1. The Balaban J connectivity index is 1.64. The molecule has 0 N–H and O–H groups in total. The molecule has 1 spiro atoms. The van der Waals surface area contributed by atoms with E-state index in [1.165, 1.54) is 41.8 Å². The lowest BCUT2D eigenvalue weighted by Gasteiger charge is -2.26. The molecule has 4 rings (SSSR count). The highest BCUT2D eigenvalue weighted by molar-refractivity contribution is 8.00. The van der Waals surface area contributed by atoms with Gasteiger partial charge in [-0.15, -0.1) is 11.8 Å². The van der Waals surface area contributed by atoms with Crippen molar-refractivity contribution >= 4 is 23.4 Å². The van der Waals surface area contributed by atoms with Crippen molar-refractivity contribution in [3.63, 3.8) is 0 Å². The molecule has 1 unspecified atom stereocenters. The Kier molecular flexibility index (Phi) is 4.27. The van der Waals surface area contributed by atoms with Crippen LogP contribution in [-0.4, -0.2) is 42.2 Å². The van der Waals surface area contributed by atoms with E-state index in [1.807, 2.05) is 4.90 Å². The van der Waals surface area contributed by atoms with E-state index in [2.05, 4.69) is 41.8 Å². The van der Waals surface area contributed by atoms with Gasteiger partial charge in [-0.2, -0.15) is 0 Å². The first kappa shape index (κ1) is 16.3. The number of nitrogens with zero attached hydrogens (tertiary/aromatic N) is 2. The summed E-state index contributed by atoms with van der Waals surface area (Å²) in [6, 6.07) is 7.11. The average Bonchev–Trinajstić information content (AvgIpc) is 3.29. The van der Waals surface area contributed by atoms with Crippen molar-refractivity contribution < 1.29 is 4.79 Å². The number of rotatable bonds is 3. The van der Waals surface area contributed by atoms with Crippen LogP contribution in [-0.2, 0) is 10.2 Å². The SMILES string of the molecule is CCN1CC2(CCN(C(C)=O)C2)c2cc(SC3CCCC3)ccc21. The molecule has 1 saturated carbocycles. The Morgan fingerprint density at radius 3 is 2.75 bits per heavy atom. The summed E-state index contributed by atoms with van der Waals surface area (Å²) in [5.74, 6) is 0.222. The summed E-state index contributed by atoms with van der Waals surface area (Å²) in [5.41, 5.74) is 3.05. The fourth-order valence-electron chi connectivity index (χ4n) is 4.80. The highest BCUT2D eigenvalue weighted by Gasteiger charge is 2.47. The Morgan fingerprint density at radius 2 is 2.08 bits per heavy atom. The molecule has 1 aromatic carbocycles. The van der Waals surface area contributed by atoms with E-state index in [4.69, 9.17) is 0 Å². The molecule has 24 heavy (non-hydrogen) atoms. The second-order valence-corrected chi connectivity index (χ2v) is 9.06. The van der Waals surface area contributed by atoms with Crippen LogP contribution in [0.3, 0.4) is 0 Å². The van der Waals surface area contributed by atoms with Gasteiger partial charge >= 0.3 is 0 Å². The average molecular weight is 345 g/mol. The molecule has 3 aliphatic rings. The lowest BCUT2D eigenvalue weighted by Crippen LogP contribution is -2.37. The van der Waals surface area contributed by atoms with Gasteiger partial charge in [0.15, 0.2) is 0 Å². The highest BCUT2D eigenvalue weighted by Crippen LogP contribution is 2.48. The van der Waals surface area contributed by atoms with E-state index in [-0.39, 0.29) is 11.3 Å². The quantitative estimate of drug-likeness (QED) is 0.826. The van der Waals surface area contributed by atoms with Crippen molar-refractivity contribution in [3.05, 3.63) is 23.8 Å². The Bertz CT molecular complexity index is 641. The van der Waals surface area contributed by atoms with E-state index in [1.54, 1.807) is 6.92 Å². The van der Waals surface area contributed by atoms with Crippen molar-refractivity contribution in [2.24, 2.45) is 0 Å². The van der Waals surface area contributed by atoms with Gasteiger partial charge in [0.1, 0.15) is 0 Å². The number of benzene rings is 1. The molecular weight excluding hydrogens is 316 g/mol. The van der Waals surface area contributed by atoms with E-state index in [9.17, 15) is 4.79 Å². The standard InChI is InChI=1S/C20H28N2OS/c1-3-21-13-20(10-11-22(14-20)15(2)23)18-12-17(8-9-19(18)21)24-16-6-4-5-7-16/h8-9,12,16H,3-7,10-11,13-14H2,1-2H3. The maximum absolute atomic E-state index is 11.9. The summed E-state index contributed by atoms with van der Waals surface area (Å²) < 4.78 is 0. The van der Waals surface area contributed by atoms with Crippen LogP contribution in [0.2, 0.25) is 0 Å². The molecule has 2 heterocycles. The van der Waals surface area contributed by atoms with Crippen LogP contribution in [0.4, 0.5) is 5.69 Å². The number of thioether (sulfide) groups is 1. The Hall–Kier alpha value is -1.16. The smallest absolute Gasteiger partial charge is 0.219 e. The lowest BCUT2D eigenvalue weighted by molar-refractivity contribution is -0.127. The van der Waals surface area contributed by atoms with E-state index in [0.717, 1.165) is 37.8 Å². The number of hydrogen-bond acceptors (Lipinski definition) is 3. The monoisotopic (exact) mass is 344 g/mol. The third kappa shape index (κ3) is 2.73. The van der Waals surface area contributed by atoms with Crippen molar-refractivity contribution in [1.29, 1.82) is 0 Å². The van der Waals surface area contributed by atoms with Crippen LogP contribution in [0.5, 0.6) is 0 Å². The molecule has 0 aromatic heterocycles. The second-order valence-electron chi connectivity index (χ2n) is 7.69. The van der Waals surface area contributed by atoms with Crippen LogP contribution in [0, 0.1) is 0 Å². The summed E-state index contributed by atoms with van der Waals surface area (Å²) in [4.78, 5) is 17.8. The van der Waals surface area contributed by atoms with E-state index in [0.29, 0.717) is 0 Å².